The van der Waals surface area contributed by atoms with E-state index in [1.54, 1.807) is 12.1 Å². The maximum Gasteiger partial charge on any atom is 0.308 e. The first-order chi connectivity index (χ1) is 8.56. The maximum atomic E-state index is 13.0. The Morgan fingerprint density at radius 2 is 2.28 bits per heavy atom. The summed E-state index contributed by atoms with van der Waals surface area (Å²) in [5.41, 5.74) is 0.675. The minimum absolute atomic E-state index is 0.0724. The van der Waals surface area contributed by atoms with Crippen LogP contribution in [-0.2, 0) is 16.1 Å². The summed E-state index contributed by atoms with van der Waals surface area (Å²) in [6.45, 7) is 0.463. The van der Waals surface area contributed by atoms with Crippen molar-refractivity contribution in [2.75, 3.05) is 6.54 Å². The number of benzene rings is 1. The molecule has 1 aromatic rings. The first kappa shape index (κ1) is 12.5. The molecule has 4 nitrogen and oxygen atoms in total. The van der Waals surface area contributed by atoms with E-state index in [1.807, 2.05) is 0 Å². The van der Waals surface area contributed by atoms with Crippen LogP contribution in [0.2, 0.25) is 0 Å². The third kappa shape index (κ3) is 2.85. The molecule has 18 heavy (non-hydrogen) atoms. The van der Waals surface area contributed by atoms with E-state index < -0.39 is 11.9 Å². The summed E-state index contributed by atoms with van der Waals surface area (Å²) in [6, 6.07) is 5.99. The van der Waals surface area contributed by atoms with E-state index in [-0.39, 0.29) is 31.2 Å². The smallest absolute Gasteiger partial charge is 0.308 e. The van der Waals surface area contributed by atoms with Gasteiger partial charge in [0.15, 0.2) is 0 Å². The largest absolute Gasteiger partial charge is 0.481 e. The quantitative estimate of drug-likeness (QED) is 0.888. The number of nitrogens with zero attached hydrogens (tertiary/aromatic N) is 1. The number of carbonyl (C=O) groups excluding carboxylic acids is 1. The zero-order chi connectivity index (χ0) is 13.1. The van der Waals surface area contributed by atoms with Gasteiger partial charge in [0.25, 0.3) is 0 Å². The zero-order valence-electron chi connectivity index (χ0n) is 9.80. The summed E-state index contributed by atoms with van der Waals surface area (Å²) in [5.74, 6) is -1.83. The second-order valence-corrected chi connectivity index (χ2v) is 4.48. The third-order valence-electron chi connectivity index (χ3n) is 3.11. The maximum absolute atomic E-state index is 13.0. The van der Waals surface area contributed by atoms with Crippen LogP contribution in [0.4, 0.5) is 4.39 Å². The average Bonchev–Trinajstić information content (AvgIpc) is 2.31. The minimum atomic E-state index is -0.883. The lowest BCUT2D eigenvalue weighted by Crippen LogP contribution is -2.42. The van der Waals surface area contributed by atoms with E-state index in [9.17, 15) is 14.0 Å². The molecule has 0 bridgehead atoms. The predicted octanol–water partition coefficient (Wildman–Crippen LogP) is 1.65. The van der Waals surface area contributed by atoms with E-state index in [4.69, 9.17) is 5.11 Å². The van der Waals surface area contributed by atoms with Gasteiger partial charge < -0.3 is 10.0 Å². The number of piperidine rings is 1. The van der Waals surface area contributed by atoms with Gasteiger partial charge in [-0.05, 0) is 24.1 Å². The number of carboxylic acid groups (broad SMARTS) is 1. The number of hydrogen-bond donors (Lipinski definition) is 1. The lowest BCUT2D eigenvalue weighted by molar-refractivity contribution is -0.147. The summed E-state index contributed by atoms with van der Waals surface area (Å²) in [7, 11) is 0. The molecule has 1 aromatic carbocycles. The van der Waals surface area contributed by atoms with Crippen molar-refractivity contribution >= 4 is 11.9 Å². The number of rotatable bonds is 3. The molecule has 5 heteroatoms. The van der Waals surface area contributed by atoms with Crippen LogP contribution in [0.5, 0.6) is 0 Å². The highest BCUT2D eigenvalue weighted by molar-refractivity contribution is 5.80. The lowest BCUT2D eigenvalue weighted by Gasteiger charge is -2.30. The van der Waals surface area contributed by atoms with Gasteiger partial charge in [0, 0.05) is 19.5 Å². The molecule has 1 N–H and O–H groups in total. The van der Waals surface area contributed by atoms with Crippen LogP contribution in [-0.4, -0.2) is 28.4 Å². The fourth-order valence-electron chi connectivity index (χ4n) is 2.12. The molecule has 2 rings (SSSR count). The van der Waals surface area contributed by atoms with Gasteiger partial charge in [-0.1, -0.05) is 12.1 Å². The van der Waals surface area contributed by atoms with E-state index >= 15 is 0 Å². The first-order valence-electron chi connectivity index (χ1n) is 5.81. The highest BCUT2D eigenvalue weighted by Crippen LogP contribution is 2.20. The average molecular weight is 251 g/mol. The van der Waals surface area contributed by atoms with Crippen molar-refractivity contribution in [3.05, 3.63) is 35.6 Å². The molecular formula is C13H14FNO3. The molecule has 1 saturated heterocycles. The Hall–Kier alpha value is -1.91. The molecule has 1 amide bonds. The number of carboxylic acids is 1. The normalized spacial score (nSPS) is 19.9. The van der Waals surface area contributed by atoms with E-state index in [1.165, 1.54) is 17.0 Å². The van der Waals surface area contributed by atoms with Crippen LogP contribution in [0.1, 0.15) is 18.4 Å². The molecule has 1 aliphatic heterocycles. The Kier molecular flexibility index (Phi) is 3.60. The zero-order valence-corrected chi connectivity index (χ0v) is 9.80. The molecule has 1 heterocycles. The number of amides is 1. The monoisotopic (exact) mass is 251 g/mol. The predicted molar refractivity (Wildman–Crippen MR) is 62.2 cm³/mol. The van der Waals surface area contributed by atoms with Crippen LogP contribution >= 0.6 is 0 Å². The standard InChI is InChI=1S/C13H14FNO3/c14-11-3-1-2-9(6-11)7-15-8-10(13(17)18)4-5-12(15)16/h1-3,6,10H,4-5,7-8H2,(H,17,18)/t10-/m1/s1. The number of hydrogen-bond acceptors (Lipinski definition) is 2. The highest BCUT2D eigenvalue weighted by atomic mass is 19.1. The number of halogens is 1. The Balaban J connectivity index is 2.07. The van der Waals surface area contributed by atoms with E-state index in [0.717, 1.165) is 0 Å². The topological polar surface area (TPSA) is 57.6 Å². The van der Waals surface area contributed by atoms with Gasteiger partial charge in [0.2, 0.25) is 5.91 Å². The van der Waals surface area contributed by atoms with Gasteiger partial charge in [-0.2, -0.15) is 0 Å². The minimum Gasteiger partial charge on any atom is -0.481 e. The summed E-state index contributed by atoms with van der Waals surface area (Å²) in [6.07, 6.45) is 0.625. The summed E-state index contributed by atoms with van der Waals surface area (Å²) >= 11 is 0. The van der Waals surface area contributed by atoms with Crippen LogP contribution in [0, 0.1) is 11.7 Å². The molecule has 0 spiro atoms. The van der Waals surface area contributed by atoms with Gasteiger partial charge in [0.05, 0.1) is 5.92 Å². The first-order valence-corrected chi connectivity index (χ1v) is 5.81. The third-order valence-corrected chi connectivity index (χ3v) is 3.11. The molecule has 0 aromatic heterocycles. The molecule has 0 radical (unpaired) electrons. The van der Waals surface area contributed by atoms with Crippen molar-refractivity contribution in [3.63, 3.8) is 0 Å². The summed E-state index contributed by atoms with van der Waals surface area (Å²) in [5, 5.41) is 8.95. The van der Waals surface area contributed by atoms with Crippen LogP contribution in [0.25, 0.3) is 0 Å². The molecular weight excluding hydrogens is 237 g/mol. The van der Waals surface area contributed by atoms with Crippen molar-refractivity contribution in [1.82, 2.24) is 4.90 Å². The van der Waals surface area contributed by atoms with E-state index in [0.29, 0.717) is 12.0 Å². The number of aliphatic carboxylic acids is 1. The van der Waals surface area contributed by atoms with Gasteiger partial charge in [-0.3, -0.25) is 9.59 Å². The van der Waals surface area contributed by atoms with Crippen molar-refractivity contribution in [1.29, 1.82) is 0 Å². The molecule has 1 fully saturated rings. The second-order valence-electron chi connectivity index (χ2n) is 4.48. The SMILES string of the molecule is O=C(O)[C@@H]1CCC(=O)N(Cc2cccc(F)c2)C1. The van der Waals surface area contributed by atoms with Crippen LogP contribution in [0.3, 0.4) is 0 Å². The molecule has 0 aliphatic carbocycles. The fraction of sp³-hybridized carbons (Fsp3) is 0.385. The Labute approximate surface area is 104 Å². The van der Waals surface area contributed by atoms with Gasteiger partial charge >= 0.3 is 5.97 Å². The van der Waals surface area contributed by atoms with Crippen molar-refractivity contribution < 1.29 is 19.1 Å². The Bertz CT molecular complexity index is 475. The van der Waals surface area contributed by atoms with E-state index in [2.05, 4.69) is 0 Å². The van der Waals surface area contributed by atoms with Crippen molar-refractivity contribution in [3.8, 4) is 0 Å². The molecule has 1 aliphatic rings. The molecule has 1 atom stereocenters. The summed E-state index contributed by atoms with van der Waals surface area (Å²) < 4.78 is 13.0. The van der Waals surface area contributed by atoms with Gasteiger partial charge in [-0.15, -0.1) is 0 Å². The fourth-order valence-corrected chi connectivity index (χ4v) is 2.12. The van der Waals surface area contributed by atoms with Crippen LogP contribution in [0.15, 0.2) is 24.3 Å². The molecule has 96 valence electrons. The Morgan fingerprint density at radius 3 is 2.94 bits per heavy atom. The van der Waals surface area contributed by atoms with Crippen molar-refractivity contribution in [2.24, 2.45) is 5.92 Å². The van der Waals surface area contributed by atoms with Crippen molar-refractivity contribution in [2.45, 2.75) is 19.4 Å². The van der Waals surface area contributed by atoms with Gasteiger partial charge in [-0.25, -0.2) is 4.39 Å². The lowest BCUT2D eigenvalue weighted by atomic mass is 9.97. The molecule has 0 saturated carbocycles. The second kappa shape index (κ2) is 5.16. The molecule has 0 unspecified atom stereocenters. The summed E-state index contributed by atoms with van der Waals surface area (Å²) in [4.78, 5) is 24.1. The number of likely N-dealkylation sites (tertiary alicyclic amines) is 1. The van der Waals surface area contributed by atoms with Gasteiger partial charge in [0.1, 0.15) is 5.82 Å². The highest BCUT2D eigenvalue weighted by Gasteiger charge is 2.29. The van der Waals surface area contributed by atoms with Crippen LogP contribution < -0.4 is 0 Å². The Morgan fingerprint density at radius 1 is 1.50 bits per heavy atom. The number of carbonyl (C=O) groups is 2.